The van der Waals surface area contributed by atoms with E-state index >= 15 is 0 Å². The molecule has 0 amide bonds. The van der Waals surface area contributed by atoms with Crippen LogP contribution in [0.4, 0.5) is 0 Å². The highest BCUT2D eigenvalue weighted by atomic mass is 16.5. The molecule has 1 rings (SSSR count). The highest BCUT2D eigenvalue weighted by Gasteiger charge is 2.13. The Morgan fingerprint density at radius 2 is 2.46 bits per heavy atom. The Kier molecular flexibility index (Phi) is 3.92. The van der Waals surface area contributed by atoms with Crippen molar-refractivity contribution in [3.8, 4) is 0 Å². The third-order valence-corrected chi connectivity index (χ3v) is 2.07. The molecule has 0 aliphatic carbocycles. The zero-order valence-electron chi connectivity index (χ0n) is 8.12. The van der Waals surface area contributed by atoms with E-state index in [1.165, 1.54) is 13.2 Å². The molecule has 0 radical (unpaired) electrons. The number of nitrogens with zero attached hydrogens (tertiary/aromatic N) is 1. The molecule has 1 saturated heterocycles. The minimum Gasteiger partial charge on any atom is -0.466 e. The quantitative estimate of drug-likeness (QED) is 0.469. The molecule has 4 heteroatoms. The fourth-order valence-corrected chi connectivity index (χ4v) is 1.32. The fraction of sp³-hybridized carbons (Fsp3) is 0.667. The number of esters is 1. The summed E-state index contributed by atoms with van der Waals surface area (Å²) in [5, 5.41) is 3.29. The summed E-state index contributed by atoms with van der Waals surface area (Å²) in [5.74, 6) is -0.296. The van der Waals surface area contributed by atoms with Crippen molar-refractivity contribution in [3.63, 3.8) is 0 Å². The molecule has 0 aromatic heterocycles. The maximum absolute atomic E-state index is 10.8. The van der Waals surface area contributed by atoms with Crippen LogP contribution in [0.15, 0.2) is 12.2 Å². The van der Waals surface area contributed by atoms with Crippen LogP contribution in [0.3, 0.4) is 0 Å². The monoisotopic (exact) mass is 184 g/mol. The molecule has 1 heterocycles. The van der Waals surface area contributed by atoms with E-state index in [9.17, 15) is 4.79 Å². The second kappa shape index (κ2) is 4.99. The molecule has 0 bridgehead atoms. The summed E-state index contributed by atoms with van der Waals surface area (Å²) >= 11 is 0. The molecule has 0 aromatic carbocycles. The van der Waals surface area contributed by atoms with Crippen LogP contribution in [0.5, 0.6) is 0 Å². The molecule has 4 nitrogen and oxygen atoms in total. The van der Waals surface area contributed by atoms with Crippen LogP contribution in [-0.4, -0.2) is 50.7 Å². The molecule has 0 aromatic rings. The van der Waals surface area contributed by atoms with Crippen LogP contribution < -0.4 is 5.32 Å². The van der Waals surface area contributed by atoms with Gasteiger partial charge in [-0.05, 0) is 7.05 Å². The molecule has 1 atom stereocenters. The molecule has 74 valence electrons. The zero-order chi connectivity index (χ0) is 9.68. The number of likely N-dealkylation sites (N-methyl/N-ethyl adjacent to an activating group) is 1. The van der Waals surface area contributed by atoms with Gasteiger partial charge in [0.1, 0.15) is 0 Å². The van der Waals surface area contributed by atoms with Gasteiger partial charge in [-0.15, -0.1) is 0 Å². The first-order chi connectivity index (χ1) is 6.22. The van der Waals surface area contributed by atoms with Gasteiger partial charge in [0.2, 0.25) is 0 Å². The summed E-state index contributed by atoms with van der Waals surface area (Å²) in [4.78, 5) is 13.0. The van der Waals surface area contributed by atoms with Crippen molar-refractivity contribution < 1.29 is 9.53 Å². The molecule has 1 fully saturated rings. The minimum absolute atomic E-state index is 0.262. The van der Waals surface area contributed by atoms with E-state index in [0.717, 1.165) is 19.6 Å². The lowest BCUT2D eigenvalue weighted by Crippen LogP contribution is -2.48. The van der Waals surface area contributed by atoms with Crippen molar-refractivity contribution in [2.24, 2.45) is 0 Å². The number of hydrogen-bond acceptors (Lipinski definition) is 4. The van der Waals surface area contributed by atoms with Gasteiger partial charge in [0.25, 0.3) is 0 Å². The van der Waals surface area contributed by atoms with Crippen molar-refractivity contribution in [2.75, 3.05) is 33.8 Å². The molecular formula is C9H16N2O2. The number of hydrogen-bond donors (Lipinski definition) is 1. The van der Waals surface area contributed by atoms with E-state index in [0.29, 0.717) is 0 Å². The molecule has 0 spiro atoms. The number of carbonyl (C=O) groups is 1. The van der Waals surface area contributed by atoms with Gasteiger partial charge in [-0.25, -0.2) is 4.79 Å². The average Bonchev–Trinajstić information content (AvgIpc) is 2.14. The van der Waals surface area contributed by atoms with E-state index in [1.54, 1.807) is 0 Å². The van der Waals surface area contributed by atoms with Gasteiger partial charge < -0.3 is 15.0 Å². The van der Waals surface area contributed by atoms with E-state index in [4.69, 9.17) is 0 Å². The Bertz CT molecular complexity index is 204. The van der Waals surface area contributed by atoms with Crippen molar-refractivity contribution in [1.29, 1.82) is 0 Å². The van der Waals surface area contributed by atoms with Gasteiger partial charge in [0.15, 0.2) is 0 Å². The third-order valence-electron chi connectivity index (χ3n) is 2.07. The van der Waals surface area contributed by atoms with Crippen LogP contribution in [0.2, 0.25) is 0 Å². The van der Waals surface area contributed by atoms with E-state index in [2.05, 4.69) is 22.0 Å². The van der Waals surface area contributed by atoms with Gasteiger partial charge in [-0.3, -0.25) is 0 Å². The Morgan fingerprint density at radius 1 is 1.69 bits per heavy atom. The molecule has 1 N–H and O–H groups in total. The lowest BCUT2D eigenvalue weighted by Gasteiger charge is -2.28. The Hall–Kier alpha value is -0.870. The molecule has 0 unspecified atom stereocenters. The smallest absolute Gasteiger partial charge is 0.330 e. The second-order valence-electron chi connectivity index (χ2n) is 3.21. The number of nitrogens with one attached hydrogen (secondary N) is 1. The van der Waals surface area contributed by atoms with Gasteiger partial charge in [-0.2, -0.15) is 0 Å². The van der Waals surface area contributed by atoms with Crippen LogP contribution in [0, 0.1) is 0 Å². The first kappa shape index (κ1) is 10.2. The Labute approximate surface area is 78.5 Å². The van der Waals surface area contributed by atoms with Crippen molar-refractivity contribution in [3.05, 3.63) is 12.2 Å². The molecule has 1 aliphatic rings. The van der Waals surface area contributed by atoms with E-state index in [-0.39, 0.29) is 12.0 Å². The van der Waals surface area contributed by atoms with Crippen LogP contribution >= 0.6 is 0 Å². The third kappa shape index (κ3) is 3.57. The number of piperazine rings is 1. The van der Waals surface area contributed by atoms with Gasteiger partial charge in [-0.1, -0.05) is 6.08 Å². The molecule has 1 aliphatic heterocycles. The summed E-state index contributed by atoms with van der Waals surface area (Å²) < 4.78 is 4.50. The topological polar surface area (TPSA) is 41.6 Å². The fourth-order valence-electron chi connectivity index (χ4n) is 1.32. The van der Waals surface area contributed by atoms with Gasteiger partial charge in [0.05, 0.1) is 7.11 Å². The van der Waals surface area contributed by atoms with Gasteiger partial charge >= 0.3 is 5.97 Å². The average molecular weight is 184 g/mol. The minimum atomic E-state index is -0.296. The van der Waals surface area contributed by atoms with Crippen molar-refractivity contribution in [1.82, 2.24) is 10.2 Å². The highest BCUT2D eigenvalue weighted by molar-refractivity contribution is 5.81. The molecule has 13 heavy (non-hydrogen) atoms. The lowest BCUT2D eigenvalue weighted by molar-refractivity contribution is -0.134. The standard InChI is InChI=1S/C9H16N2O2/c1-11-6-5-10-8(7-11)3-4-9(12)13-2/h3-4,8,10H,5-7H2,1-2H3/b4-3+/t8-/m1/s1. The SMILES string of the molecule is COC(=O)/C=C/[C@@H]1CN(C)CCN1. The van der Waals surface area contributed by atoms with Crippen LogP contribution in [0.25, 0.3) is 0 Å². The Morgan fingerprint density at radius 3 is 3.08 bits per heavy atom. The van der Waals surface area contributed by atoms with Crippen molar-refractivity contribution >= 4 is 5.97 Å². The second-order valence-corrected chi connectivity index (χ2v) is 3.21. The molecular weight excluding hydrogens is 168 g/mol. The van der Waals surface area contributed by atoms with Crippen LogP contribution in [-0.2, 0) is 9.53 Å². The van der Waals surface area contributed by atoms with E-state index < -0.39 is 0 Å². The zero-order valence-corrected chi connectivity index (χ0v) is 8.12. The normalized spacial score (nSPS) is 24.9. The van der Waals surface area contributed by atoms with Crippen LogP contribution in [0.1, 0.15) is 0 Å². The van der Waals surface area contributed by atoms with Gasteiger partial charge in [0, 0.05) is 31.8 Å². The predicted molar refractivity (Wildman–Crippen MR) is 50.4 cm³/mol. The summed E-state index contributed by atoms with van der Waals surface area (Å²) in [6, 6.07) is 0.262. The maximum Gasteiger partial charge on any atom is 0.330 e. The highest BCUT2D eigenvalue weighted by Crippen LogP contribution is 1.97. The Balaban J connectivity index is 2.35. The van der Waals surface area contributed by atoms with E-state index in [1.807, 2.05) is 6.08 Å². The summed E-state index contributed by atoms with van der Waals surface area (Å²) in [6.07, 6.45) is 3.32. The lowest BCUT2D eigenvalue weighted by atomic mass is 10.2. The van der Waals surface area contributed by atoms with Crippen molar-refractivity contribution in [2.45, 2.75) is 6.04 Å². The number of methoxy groups -OCH3 is 1. The largest absolute Gasteiger partial charge is 0.466 e. The predicted octanol–water partition coefficient (Wildman–Crippen LogP) is -0.381. The molecule has 0 saturated carbocycles. The number of ether oxygens (including phenoxy) is 1. The summed E-state index contributed by atoms with van der Waals surface area (Å²) in [5.41, 5.74) is 0. The first-order valence-electron chi connectivity index (χ1n) is 4.40. The summed E-state index contributed by atoms with van der Waals surface area (Å²) in [7, 11) is 3.45. The number of carbonyl (C=O) groups excluding carboxylic acids is 1. The summed E-state index contributed by atoms with van der Waals surface area (Å²) in [6.45, 7) is 2.96. The first-order valence-corrected chi connectivity index (χ1v) is 4.40. The number of rotatable bonds is 2. The maximum atomic E-state index is 10.8.